The Labute approximate surface area is 121 Å². The molecule has 1 N–H and O–H groups in total. The molecule has 0 heterocycles. The number of methoxy groups -OCH3 is 1. The molecule has 2 nitrogen and oxygen atoms in total. The van der Waals surface area contributed by atoms with E-state index >= 15 is 0 Å². The van der Waals surface area contributed by atoms with Crippen LogP contribution in [0.15, 0.2) is 55.1 Å². The van der Waals surface area contributed by atoms with Gasteiger partial charge in [-0.2, -0.15) is 0 Å². The van der Waals surface area contributed by atoms with Crippen molar-refractivity contribution < 1.29 is 4.74 Å². The smallest absolute Gasteiger partial charge is 0.119 e. The summed E-state index contributed by atoms with van der Waals surface area (Å²) in [6.07, 6.45) is 0. The van der Waals surface area contributed by atoms with Crippen molar-refractivity contribution in [2.24, 2.45) is 0 Å². The van der Waals surface area contributed by atoms with Crippen LogP contribution < -0.4 is 10.1 Å². The van der Waals surface area contributed by atoms with E-state index in [0.29, 0.717) is 0 Å². The van der Waals surface area contributed by atoms with Gasteiger partial charge in [-0.15, -0.1) is 0 Å². The minimum atomic E-state index is 0.172. The fourth-order valence-electron chi connectivity index (χ4n) is 2.04. The van der Waals surface area contributed by atoms with Gasteiger partial charge < -0.3 is 10.1 Å². The average molecular weight is 267 g/mol. The maximum atomic E-state index is 5.16. The minimum Gasteiger partial charge on any atom is -0.497 e. The van der Waals surface area contributed by atoms with Crippen LogP contribution in [-0.4, -0.2) is 13.2 Å². The van der Waals surface area contributed by atoms with E-state index in [1.165, 1.54) is 11.1 Å². The summed E-state index contributed by atoms with van der Waals surface area (Å²) in [4.78, 5) is 0. The topological polar surface area (TPSA) is 21.3 Å². The molecule has 20 heavy (non-hydrogen) atoms. The Hall–Kier alpha value is -2.22. The quantitative estimate of drug-likeness (QED) is 0.860. The van der Waals surface area contributed by atoms with Gasteiger partial charge in [0.2, 0.25) is 0 Å². The summed E-state index contributed by atoms with van der Waals surface area (Å²) in [5.41, 5.74) is 4.58. The van der Waals surface area contributed by atoms with E-state index in [1.54, 1.807) is 7.11 Å². The molecule has 0 fully saturated rings. The molecule has 2 heteroatoms. The summed E-state index contributed by atoms with van der Waals surface area (Å²) in [5.74, 6) is 0.862. The summed E-state index contributed by atoms with van der Waals surface area (Å²) in [6.45, 7) is 8.40. The molecule has 0 saturated carbocycles. The highest BCUT2D eigenvalue weighted by Gasteiger charge is 2.08. The molecule has 0 amide bonds. The Morgan fingerprint density at radius 1 is 1.05 bits per heavy atom. The van der Waals surface area contributed by atoms with Crippen molar-refractivity contribution in [2.45, 2.75) is 19.9 Å². The van der Waals surface area contributed by atoms with Crippen LogP contribution in [0.5, 0.6) is 5.75 Å². The summed E-state index contributed by atoms with van der Waals surface area (Å²) in [5, 5.41) is 3.45. The molecule has 0 spiro atoms. The van der Waals surface area contributed by atoms with Gasteiger partial charge in [-0.25, -0.2) is 0 Å². The third kappa shape index (κ3) is 3.41. The van der Waals surface area contributed by atoms with E-state index in [4.69, 9.17) is 4.74 Å². The van der Waals surface area contributed by atoms with Crippen LogP contribution in [-0.2, 0) is 0 Å². The number of aryl methyl sites for hydroxylation is 1. The second-order valence-electron chi connectivity index (χ2n) is 4.99. The molecule has 0 aliphatic heterocycles. The van der Waals surface area contributed by atoms with E-state index in [2.05, 4.69) is 50.0 Å². The van der Waals surface area contributed by atoms with Crippen molar-refractivity contribution in [3.05, 3.63) is 66.2 Å². The fourth-order valence-corrected chi connectivity index (χ4v) is 2.04. The first kappa shape index (κ1) is 14.2. The Morgan fingerprint density at radius 2 is 1.65 bits per heavy atom. The Kier molecular flexibility index (Phi) is 4.46. The summed E-state index contributed by atoms with van der Waals surface area (Å²) in [6, 6.07) is 16.5. The standard InChI is InChI=1S/C18H21NO/c1-13-5-7-16(8-6-13)14(2)15(3)19-17-9-11-18(20-4)12-10-17/h5-12,15,19H,2H2,1,3-4H3. The van der Waals surface area contributed by atoms with Gasteiger partial charge >= 0.3 is 0 Å². The normalized spacial score (nSPS) is 11.8. The lowest BCUT2D eigenvalue weighted by atomic mass is 10.00. The molecule has 2 rings (SSSR count). The first-order chi connectivity index (χ1) is 9.60. The van der Waals surface area contributed by atoms with Crippen LogP contribution in [0.4, 0.5) is 5.69 Å². The van der Waals surface area contributed by atoms with Gasteiger partial charge in [0, 0.05) is 11.7 Å². The molecule has 0 aliphatic carbocycles. The van der Waals surface area contributed by atoms with E-state index in [1.807, 2.05) is 24.3 Å². The lowest BCUT2D eigenvalue weighted by molar-refractivity contribution is 0.415. The van der Waals surface area contributed by atoms with Gasteiger partial charge in [-0.1, -0.05) is 36.4 Å². The Balaban J connectivity index is 2.04. The number of benzene rings is 2. The third-order valence-corrected chi connectivity index (χ3v) is 3.42. The zero-order valence-corrected chi connectivity index (χ0v) is 12.3. The van der Waals surface area contributed by atoms with E-state index < -0.39 is 0 Å². The van der Waals surface area contributed by atoms with Crippen molar-refractivity contribution in [1.29, 1.82) is 0 Å². The lowest BCUT2D eigenvalue weighted by Crippen LogP contribution is -2.16. The summed E-state index contributed by atoms with van der Waals surface area (Å²) < 4.78 is 5.16. The largest absolute Gasteiger partial charge is 0.497 e. The van der Waals surface area contributed by atoms with Crippen molar-refractivity contribution in [3.8, 4) is 5.75 Å². The Bertz CT molecular complexity index is 569. The molecule has 0 aliphatic rings. The number of nitrogens with one attached hydrogen (secondary N) is 1. The molecule has 0 saturated heterocycles. The molecular formula is C18H21NO. The number of ether oxygens (including phenoxy) is 1. The fraction of sp³-hybridized carbons (Fsp3) is 0.222. The predicted octanol–water partition coefficient (Wildman–Crippen LogP) is 4.52. The van der Waals surface area contributed by atoms with Crippen LogP contribution in [0.3, 0.4) is 0 Å². The number of hydrogen-bond acceptors (Lipinski definition) is 2. The molecular weight excluding hydrogens is 246 g/mol. The second kappa shape index (κ2) is 6.29. The highest BCUT2D eigenvalue weighted by atomic mass is 16.5. The van der Waals surface area contributed by atoms with Gasteiger partial charge in [-0.05, 0) is 49.2 Å². The molecule has 2 aromatic rings. The van der Waals surface area contributed by atoms with E-state index in [-0.39, 0.29) is 6.04 Å². The predicted molar refractivity (Wildman–Crippen MR) is 86.3 cm³/mol. The molecule has 1 unspecified atom stereocenters. The van der Waals surface area contributed by atoms with Crippen molar-refractivity contribution in [1.82, 2.24) is 0 Å². The van der Waals surface area contributed by atoms with Crippen LogP contribution >= 0.6 is 0 Å². The number of rotatable bonds is 5. The monoisotopic (exact) mass is 267 g/mol. The first-order valence-corrected chi connectivity index (χ1v) is 6.76. The van der Waals surface area contributed by atoms with Crippen LogP contribution in [0.1, 0.15) is 18.1 Å². The molecule has 0 radical (unpaired) electrons. The lowest BCUT2D eigenvalue weighted by Gasteiger charge is -2.18. The van der Waals surface area contributed by atoms with Crippen molar-refractivity contribution in [2.75, 3.05) is 12.4 Å². The van der Waals surface area contributed by atoms with Crippen molar-refractivity contribution >= 4 is 11.3 Å². The zero-order valence-electron chi connectivity index (χ0n) is 12.3. The summed E-state index contributed by atoms with van der Waals surface area (Å²) in [7, 11) is 1.67. The van der Waals surface area contributed by atoms with Gasteiger partial charge in [-0.3, -0.25) is 0 Å². The molecule has 0 aromatic heterocycles. The Morgan fingerprint density at radius 3 is 2.20 bits per heavy atom. The number of anilines is 1. The number of hydrogen-bond donors (Lipinski definition) is 1. The summed E-state index contributed by atoms with van der Waals surface area (Å²) >= 11 is 0. The maximum Gasteiger partial charge on any atom is 0.119 e. The molecule has 1 atom stereocenters. The highest BCUT2D eigenvalue weighted by Crippen LogP contribution is 2.22. The van der Waals surface area contributed by atoms with Gasteiger partial charge in [0.1, 0.15) is 5.75 Å². The maximum absolute atomic E-state index is 5.16. The first-order valence-electron chi connectivity index (χ1n) is 6.76. The highest BCUT2D eigenvalue weighted by molar-refractivity contribution is 5.70. The molecule has 104 valence electrons. The van der Waals surface area contributed by atoms with Crippen LogP contribution in [0.25, 0.3) is 5.57 Å². The zero-order chi connectivity index (χ0) is 14.5. The SMILES string of the molecule is C=C(c1ccc(C)cc1)C(C)Nc1ccc(OC)cc1. The van der Waals surface area contributed by atoms with Gasteiger partial charge in [0.05, 0.1) is 7.11 Å². The van der Waals surface area contributed by atoms with E-state index in [9.17, 15) is 0 Å². The molecule has 2 aromatic carbocycles. The average Bonchev–Trinajstić information content (AvgIpc) is 2.48. The minimum absolute atomic E-state index is 0.172. The second-order valence-corrected chi connectivity index (χ2v) is 4.99. The van der Waals surface area contributed by atoms with Gasteiger partial charge in [0.15, 0.2) is 0 Å². The van der Waals surface area contributed by atoms with Crippen molar-refractivity contribution in [3.63, 3.8) is 0 Å². The third-order valence-electron chi connectivity index (χ3n) is 3.42. The van der Waals surface area contributed by atoms with Gasteiger partial charge in [0.25, 0.3) is 0 Å². The van der Waals surface area contributed by atoms with Crippen LogP contribution in [0, 0.1) is 6.92 Å². The molecule has 0 bridgehead atoms. The van der Waals surface area contributed by atoms with Crippen LogP contribution in [0.2, 0.25) is 0 Å². The van der Waals surface area contributed by atoms with E-state index in [0.717, 1.165) is 17.0 Å².